The van der Waals surface area contributed by atoms with E-state index in [1.807, 2.05) is 6.92 Å². The zero-order valence-electron chi connectivity index (χ0n) is 24.7. The van der Waals surface area contributed by atoms with E-state index in [1.54, 1.807) is 49.8 Å². The van der Waals surface area contributed by atoms with Crippen molar-refractivity contribution in [1.29, 1.82) is 0 Å². The number of aryl methyl sites for hydroxylation is 1. The fraction of sp³-hybridized carbons (Fsp3) is 0.393. The third-order valence-electron chi connectivity index (χ3n) is 6.54. The van der Waals surface area contributed by atoms with Crippen molar-refractivity contribution in [2.24, 2.45) is 15.9 Å². The number of hydrogen-bond acceptors (Lipinski definition) is 10. The summed E-state index contributed by atoms with van der Waals surface area (Å²) >= 11 is 0. The minimum atomic E-state index is -4.70. The van der Waals surface area contributed by atoms with Crippen molar-refractivity contribution in [3.63, 3.8) is 0 Å². The van der Waals surface area contributed by atoms with Crippen LogP contribution in [-0.4, -0.2) is 61.3 Å². The summed E-state index contributed by atoms with van der Waals surface area (Å²) in [6, 6.07) is 12.1. The summed E-state index contributed by atoms with van der Waals surface area (Å²) in [7, 11) is -4.38. The third kappa shape index (κ3) is 8.49. The first kappa shape index (κ1) is 33.2. The largest absolute Gasteiger partial charge is 0.447 e. The van der Waals surface area contributed by atoms with E-state index >= 15 is 0 Å². The molecular formula is C28H31F3N6O7S. The zero-order valence-corrected chi connectivity index (χ0v) is 25.6. The van der Waals surface area contributed by atoms with E-state index in [0.29, 0.717) is 18.5 Å². The Morgan fingerprint density at radius 1 is 1.04 bits per heavy atom. The molecular weight excluding hydrogens is 621 g/mol. The average Bonchev–Trinajstić information content (AvgIpc) is 3.40. The van der Waals surface area contributed by atoms with Gasteiger partial charge >= 0.3 is 18.2 Å². The molecule has 1 unspecified atom stereocenters. The average molecular weight is 653 g/mol. The van der Waals surface area contributed by atoms with Gasteiger partial charge in [-0.15, -0.1) is 0 Å². The maximum absolute atomic E-state index is 13.5. The van der Waals surface area contributed by atoms with Crippen molar-refractivity contribution < 1.29 is 45.5 Å². The second-order valence-corrected chi connectivity index (χ2v) is 12.8. The van der Waals surface area contributed by atoms with Crippen LogP contribution in [0.15, 0.2) is 70.0 Å². The lowest BCUT2D eigenvalue weighted by molar-refractivity contribution is -0.167. The van der Waals surface area contributed by atoms with E-state index in [4.69, 9.17) is 14.3 Å². The molecule has 1 aromatic heterocycles. The Balaban J connectivity index is 1.34. The molecule has 1 atom stereocenters. The lowest BCUT2D eigenvalue weighted by atomic mass is 9.98. The van der Waals surface area contributed by atoms with Crippen molar-refractivity contribution in [3.05, 3.63) is 65.9 Å². The number of alkyl halides is 3. The zero-order chi connectivity index (χ0) is 33.0. The van der Waals surface area contributed by atoms with Gasteiger partial charge in [-0.3, -0.25) is 9.80 Å². The second-order valence-electron chi connectivity index (χ2n) is 11.1. The summed E-state index contributed by atoms with van der Waals surface area (Å²) in [5.41, 5.74) is -0.101. The predicted molar refractivity (Wildman–Crippen MR) is 152 cm³/mol. The Labute approximate surface area is 256 Å². The van der Waals surface area contributed by atoms with Gasteiger partial charge in [0.05, 0.1) is 27.7 Å². The summed E-state index contributed by atoms with van der Waals surface area (Å²) < 4.78 is 78.8. The van der Waals surface area contributed by atoms with Gasteiger partial charge in [-0.05, 0) is 69.7 Å². The fourth-order valence-electron chi connectivity index (χ4n) is 3.89. The van der Waals surface area contributed by atoms with Gasteiger partial charge < -0.3 is 14.3 Å². The molecule has 0 saturated carbocycles. The molecule has 4 rings (SSSR count). The molecule has 1 aliphatic rings. The number of nitrogens with one attached hydrogen (secondary N) is 1. The molecule has 2 aromatic carbocycles. The molecule has 1 saturated heterocycles. The number of carbonyl (C=O) groups is 2. The molecule has 242 valence electrons. The van der Waals surface area contributed by atoms with E-state index in [9.17, 15) is 31.2 Å². The van der Waals surface area contributed by atoms with Crippen LogP contribution in [0.1, 0.15) is 38.4 Å². The van der Waals surface area contributed by atoms with E-state index < -0.39 is 46.2 Å². The number of halogens is 3. The third-order valence-corrected chi connectivity index (χ3v) is 7.87. The molecule has 1 fully saturated rings. The van der Waals surface area contributed by atoms with Crippen LogP contribution in [0.2, 0.25) is 0 Å². The van der Waals surface area contributed by atoms with Gasteiger partial charge in [-0.25, -0.2) is 22.6 Å². The summed E-state index contributed by atoms with van der Waals surface area (Å²) in [5.74, 6) is -0.477. The number of carbonyl (C=O) groups excluding carboxylic acids is 2. The Morgan fingerprint density at radius 3 is 2.29 bits per heavy atom. The lowest BCUT2D eigenvalue weighted by Gasteiger charge is -2.36. The summed E-state index contributed by atoms with van der Waals surface area (Å²) in [4.78, 5) is 28.4. The molecule has 1 N–H and O–H groups in total. The molecule has 0 radical (unpaired) electrons. The van der Waals surface area contributed by atoms with Crippen molar-refractivity contribution in [3.8, 4) is 16.9 Å². The first-order valence-electron chi connectivity index (χ1n) is 13.6. The number of rotatable bonds is 10. The first-order chi connectivity index (χ1) is 21.0. The topological polar surface area (TPSA) is 154 Å². The van der Waals surface area contributed by atoms with Gasteiger partial charge in [0.25, 0.3) is 16.8 Å². The summed E-state index contributed by atoms with van der Waals surface area (Å²) in [6.45, 7) is 6.72. The number of esters is 1. The molecule has 45 heavy (non-hydrogen) atoms. The van der Waals surface area contributed by atoms with E-state index in [0.717, 1.165) is 28.4 Å². The maximum atomic E-state index is 13.5. The van der Waals surface area contributed by atoms with Crippen LogP contribution in [0.25, 0.3) is 16.9 Å². The van der Waals surface area contributed by atoms with Crippen molar-refractivity contribution >= 4 is 22.1 Å². The van der Waals surface area contributed by atoms with Crippen molar-refractivity contribution in [1.82, 2.24) is 19.5 Å². The monoisotopic (exact) mass is 652 g/mol. The molecule has 3 aromatic rings. The van der Waals surface area contributed by atoms with Gasteiger partial charge in [-0.2, -0.15) is 18.3 Å². The number of amides is 1. The van der Waals surface area contributed by atoms with Crippen LogP contribution in [0.5, 0.6) is 0 Å². The number of nitrogens with zero attached hydrogens (tertiary/aromatic N) is 5. The van der Waals surface area contributed by atoms with Gasteiger partial charge in [0, 0.05) is 17.4 Å². The quantitative estimate of drug-likeness (QED) is 0.102. The fourth-order valence-corrected chi connectivity index (χ4v) is 4.78. The SMILES string of the molecule is Cc1ccc(-c2cc(C(F)(F)F)nn2-c2ccc(S(=O)(=O)NC(=O)OCC3CCN3/N=N\OCOC(=O)C(C)(C)C)cc2)cc1. The molecule has 0 spiro atoms. The Hall–Kier alpha value is -4.67. The number of ether oxygens (including phenoxy) is 2. The standard InChI is InChI=1S/C28H31F3N6O7S/c1-18-5-7-19(8-6-18)23-15-24(28(29,30)31)32-37(23)20-9-11-22(12-10-20)45(40,41)33-26(39)42-16-21-13-14-36(21)34-35-44-17-43-25(38)27(2,3)4/h5-12,15,21H,13-14,16-17H2,1-4H3,(H,33,39)/b35-34-. The smallest absolute Gasteiger partial charge is 0.435 e. The molecule has 1 amide bonds. The Morgan fingerprint density at radius 2 is 1.71 bits per heavy atom. The number of hydrogen-bond donors (Lipinski definition) is 1. The van der Waals surface area contributed by atoms with E-state index in [-0.39, 0.29) is 28.9 Å². The van der Waals surface area contributed by atoms with Gasteiger partial charge in [0.15, 0.2) is 5.69 Å². The summed E-state index contributed by atoms with van der Waals surface area (Å²) in [5, 5.41) is 12.4. The molecule has 13 nitrogen and oxygen atoms in total. The lowest BCUT2D eigenvalue weighted by Crippen LogP contribution is -2.47. The molecule has 17 heteroatoms. The highest BCUT2D eigenvalue weighted by Crippen LogP contribution is 2.33. The van der Waals surface area contributed by atoms with Crippen LogP contribution in [0.3, 0.4) is 0 Å². The van der Waals surface area contributed by atoms with Crippen LogP contribution in [0, 0.1) is 12.3 Å². The van der Waals surface area contributed by atoms with Crippen LogP contribution >= 0.6 is 0 Å². The predicted octanol–water partition coefficient (Wildman–Crippen LogP) is 5.20. The highest BCUT2D eigenvalue weighted by atomic mass is 32.2. The minimum Gasteiger partial charge on any atom is -0.447 e. The second kappa shape index (κ2) is 13.1. The molecule has 0 bridgehead atoms. The maximum Gasteiger partial charge on any atom is 0.435 e. The minimum absolute atomic E-state index is 0.153. The highest BCUT2D eigenvalue weighted by Gasteiger charge is 2.35. The Bertz CT molecular complexity index is 1650. The van der Waals surface area contributed by atoms with Crippen molar-refractivity contribution in [2.45, 2.75) is 51.2 Å². The number of aromatic nitrogens is 2. The van der Waals surface area contributed by atoms with Gasteiger partial charge in [-0.1, -0.05) is 29.8 Å². The molecule has 2 heterocycles. The van der Waals surface area contributed by atoms with Gasteiger partial charge in [0.2, 0.25) is 0 Å². The first-order valence-corrected chi connectivity index (χ1v) is 15.0. The van der Waals surface area contributed by atoms with Crippen LogP contribution < -0.4 is 4.72 Å². The number of sulfonamides is 1. The highest BCUT2D eigenvalue weighted by molar-refractivity contribution is 7.90. The van der Waals surface area contributed by atoms with Crippen LogP contribution in [-0.2, 0) is 35.3 Å². The van der Waals surface area contributed by atoms with Crippen molar-refractivity contribution in [2.75, 3.05) is 19.9 Å². The van der Waals surface area contributed by atoms with E-state index in [1.165, 1.54) is 17.1 Å². The van der Waals surface area contributed by atoms with Crippen LogP contribution in [0.4, 0.5) is 18.0 Å². The normalized spacial score (nSPS) is 15.4. The number of benzene rings is 2. The molecule has 0 aliphatic carbocycles. The summed E-state index contributed by atoms with van der Waals surface area (Å²) in [6.07, 6.45) is -5.36. The molecule has 1 aliphatic heterocycles. The van der Waals surface area contributed by atoms with Gasteiger partial charge in [0.1, 0.15) is 6.61 Å². The van der Waals surface area contributed by atoms with E-state index in [2.05, 4.69) is 15.6 Å². The Kier molecular flexibility index (Phi) is 9.70.